The van der Waals surface area contributed by atoms with Crippen LogP contribution >= 0.6 is 0 Å². The summed E-state index contributed by atoms with van der Waals surface area (Å²) in [7, 11) is 3.72. The van der Waals surface area contributed by atoms with Crippen LogP contribution in [0.3, 0.4) is 0 Å². The van der Waals surface area contributed by atoms with Crippen LogP contribution in [0.4, 0.5) is 0 Å². The molecule has 0 saturated carbocycles. The summed E-state index contributed by atoms with van der Waals surface area (Å²) in [5.41, 5.74) is 1.69. The Bertz CT molecular complexity index is 2120. The van der Waals surface area contributed by atoms with E-state index in [0.29, 0.717) is 12.0 Å². The van der Waals surface area contributed by atoms with Crippen molar-refractivity contribution in [3.05, 3.63) is 59.7 Å². The van der Waals surface area contributed by atoms with E-state index < -0.39 is 165 Å². The summed E-state index contributed by atoms with van der Waals surface area (Å²) in [6, 6.07) is -1.81. The summed E-state index contributed by atoms with van der Waals surface area (Å²) in [5, 5.41) is 46.3. The highest BCUT2D eigenvalue weighted by molar-refractivity contribution is 5.96. The maximum absolute atomic E-state index is 14.2. The smallest absolute Gasteiger partial charge is 0.326 e. The van der Waals surface area contributed by atoms with Gasteiger partial charge in [0.25, 0.3) is 0 Å². The Morgan fingerprint density at radius 1 is 0.690 bits per heavy atom. The van der Waals surface area contributed by atoms with Crippen molar-refractivity contribution in [1.29, 1.82) is 0 Å². The number of allylic oxidation sites excluding steroid dienone is 2. The van der Waals surface area contributed by atoms with Crippen LogP contribution in [-0.4, -0.2) is 157 Å². The van der Waals surface area contributed by atoms with E-state index in [1.807, 2.05) is 43.3 Å². The highest BCUT2D eigenvalue weighted by atomic mass is 16.5. The van der Waals surface area contributed by atoms with Crippen LogP contribution in [0.25, 0.3) is 0 Å². The monoisotopic (exact) mass is 1000 g/mol. The molecule has 1 saturated heterocycles. The first-order valence-corrected chi connectivity index (χ1v) is 22.8. The standard InChI is InChI=1S/C47H67N7O17/c1-25(21-26(2)36(69-5)22-29-11-9-8-10-12-29)13-14-30-27(3)41(60)53-33(46(65)66)15-18-37(56)50-35(24-55)45(64)48-28(4)42(61)52-32(17-20-40(59)71-7)44(63)54-34(47(67)68)23-38(57)49-31(43(62)51-30)16-19-39(58)70-6/h8-14,21,26-28,30-36,55H,15-20,22-24H2,1-7H3,(H,48,64)(H,49,57)(H,50,56)(H,51,62)(H,52,61)(H,53,60)(H,54,63)(H,65,66)(H,67,68)/b14-13+,25-21+/t26-,27-,28+,30?,31-,32-,33+,34+,35?,36-/m0/s1. The normalized spacial score (nSPS) is 25.0. The molecular formula is C47H67N7O17. The van der Waals surface area contributed by atoms with Crippen molar-refractivity contribution >= 4 is 65.2 Å². The Hall–Kier alpha value is -7.21. The lowest BCUT2D eigenvalue weighted by molar-refractivity contribution is -0.145. The van der Waals surface area contributed by atoms with Crippen LogP contribution in [0, 0.1) is 11.8 Å². The Morgan fingerprint density at radius 2 is 1.23 bits per heavy atom. The van der Waals surface area contributed by atoms with Crippen molar-refractivity contribution in [1.82, 2.24) is 37.2 Å². The van der Waals surface area contributed by atoms with E-state index in [9.17, 15) is 68.1 Å². The van der Waals surface area contributed by atoms with Crippen LogP contribution in [0.1, 0.15) is 78.2 Å². The minimum absolute atomic E-state index is 0.160. The molecule has 24 nitrogen and oxygen atoms in total. The first-order valence-electron chi connectivity index (χ1n) is 22.8. The van der Waals surface area contributed by atoms with Gasteiger partial charge in [-0.15, -0.1) is 0 Å². The maximum Gasteiger partial charge on any atom is 0.326 e. The van der Waals surface area contributed by atoms with Gasteiger partial charge in [0.15, 0.2) is 0 Å². The third kappa shape index (κ3) is 21.1. The number of carbonyl (C=O) groups excluding carboxylic acids is 9. The van der Waals surface area contributed by atoms with Crippen molar-refractivity contribution in [2.24, 2.45) is 11.8 Å². The van der Waals surface area contributed by atoms with Crippen molar-refractivity contribution in [3.63, 3.8) is 0 Å². The zero-order chi connectivity index (χ0) is 53.4. The molecule has 10 N–H and O–H groups in total. The van der Waals surface area contributed by atoms with Gasteiger partial charge >= 0.3 is 23.9 Å². The molecule has 1 aromatic rings. The van der Waals surface area contributed by atoms with Gasteiger partial charge in [-0.05, 0) is 45.1 Å². The molecule has 0 aromatic heterocycles. The molecule has 1 aliphatic rings. The summed E-state index contributed by atoms with van der Waals surface area (Å²) < 4.78 is 15.1. The molecule has 71 heavy (non-hydrogen) atoms. The van der Waals surface area contributed by atoms with Crippen LogP contribution in [0.15, 0.2) is 54.1 Å². The number of esters is 2. The van der Waals surface area contributed by atoms with Gasteiger partial charge in [0.05, 0.1) is 45.3 Å². The van der Waals surface area contributed by atoms with Gasteiger partial charge in [-0.2, -0.15) is 0 Å². The zero-order valence-corrected chi connectivity index (χ0v) is 40.8. The number of aliphatic hydroxyl groups excluding tert-OH is 1. The SMILES string of the molecule is COC(=O)CC[C@@H]1NC(=O)C[C@H](C(=O)O)NC(=O)[C@H](CCC(=O)OC)NC(=O)[C@@H](C)NC(=O)C(CO)NC(=O)CC[C@H](C(=O)O)NC(=O)[C@@H](C)C(/C=C/C(C)=C/[C@H](C)[C@H](Cc2ccccc2)OC)NC1=O. The van der Waals surface area contributed by atoms with E-state index in [4.69, 9.17) is 9.47 Å². The van der Waals surface area contributed by atoms with Gasteiger partial charge in [0.1, 0.15) is 36.3 Å². The highest BCUT2D eigenvalue weighted by Gasteiger charge is 2.35. The van der Waals surface area contributed by atoms with Gasteiger partial charge in [-0.25, -0.2) is 9.59 Å². The van der Waals surface area contributed by atoms with Crippen LogP contribution in [0.5, 0.6) is 0 Å². The van der Waals surface area contributed by atoms with E-state index >= 15 is 0 Å². The number of methoxy groups -OCH3 is 3. The average molecular weight is 1000 g/mol. The van der Waals surface area contributed by atoms with Gasteiger partial charge < -0.3 is 66.7 Å². The predicted molar refractivity (Wildman–Crippen MR) is 250 cm³/mol. The largest absolute Gasteiger partial charge is 0.480 e. The summed E-state index contributed by atoms with van der Waals surface area (Å²) in [5.74, 6) is -13.7. The fraction of sp³-hybridized carbons (Fsp3) is 0.553. The number of carboxylic acids is 2. The molecule has 1 aliphatic heterocycles. The first-order chi connectivity index (χ1) is 33.5. The molecule has 7 amide bonds. The van der Waals surface area contributed by atoms with E-state index in [-0.39, 0.29) is 12.0 Å². The molecule has 1 heterocycles. The quantitative estimate of drug-likeness (QED) is 0.0678. The lowest BCUT2D eigenvalue weighted by atomic mass is 9.94. The molecule has 2 rings (SSSR count). The number of carboxylic acid groups (broad SMARTS) is 2. The molecule has 2 unspecified atom stereocenters. The topological polar surface area (TPSA) is 360 Å². The minimum atomic E-state index is -2.02. The molecule has 10 atom stereocenters. The number of hydrogen-bond acceptors (Lipinski definition) is 15. The lowest BCUT2D eigenvalue weighted by Crippen LogP contribution is -2.58. The van der Waals surface area contributed by atoms with E-state index in [0.717, 1.165) is 26.7 Å². The summed E-state index contributed by atoms with van der Waals surface area (Å²) in [6.45, 7) is 5.21. The number of carbonyl (C=O) groups is 11. The molecule has 1 aromatic carbocycles. The number of rotatable bonds is 16. The van der Waals surface area contributed by atoms with E-state index in [1.54, 1.807) is 20.1 Å². The number of hydrogen-bond donors (Lipinski definition) is 10. The summed E-state index contributed by atoms with van der Waals surface area (Å²) in [6.07, 6.45) is 1.31. The van der Waals surface area contributed by atoms with Crippen molar-refractivity contribution < 1.29 is 82.3 Å². The second-order valence-electron chi connectivity index (χ2n) is 16.9. The van der Waals surface area contributed by atoms with Gasteiger partial charge in [-0.1, -0.05) is 68.0 Å². The predicted octanol–water partition coefficient (Wildman–Crippen LogP) is -1.32. The Morgan fingerprint density at radius 3 is 1.77 bits per heavy atom. The number of aliphatic hydroxyl groups is 1. The number of benzene rings is 1. The number of nitrogens with one attached hydrogen (secondary N) is 7. The van der Waals surface area contributed by atoms with Gasteiger partial charge in [-0.3, -0.25) is 43.2 Å². The van der Waals surface area contributed by atoms with Crippen LogP contribution < -0.4 is 37.2 Å². The molecule has 1 fully saturated rings. The molecule has 0 aliphatic carbocycles. The third-order valence-corrected chi connectivity index (χ3v) is 11.4. The molecule has 24 heteroatoms. The van der Waals surface area contributed by atoms with Gasteiger partial charge in [0, 0.05) is 32.3 Å². The van der Waals surface area contributed by atoms with Gasteiger partial charge in [0.2, 0.25) is 41.4 Å². The molecule has 0 spiro atoms. The van der Waals surface area contributed by atoms with E-state index in [2.05, 4.69) is 42.0 Å². The Labute approximate surface area is 410 Å². The third-order valence-electron chi connectivity index (χ3n) is 11.4. The number of ether oxygens (including phenoxy) is 3. The maximum atomic E-state index is 14.2. The zero-order valence-electron chi connectivity index (χ0n) is 40.8. The summed E-state index contributed by atoms with van der Waals surface area (Å²) >= 11 is 0. The van der Waals surface area contributed by atoms with Crippen molar-refractivity contribution in [2.45, 2.75) is 127 Å². The second kappa shape index (κ2) is 30.4. The minimum Gasteiger partial charge on any atom is -0.480 e. The molecular weight excluding hydrogens is 935 g/mol. The molecule has 0 radical (unpaired) electrons. The Balaban J connectivity index is 2.68. The Kier molecular flexibility index (Phi) is 25.7. The van der Waals surface area contributed by atoms with Crippen molar-refractivity contribution in [3.8, 4) is 0 Å². The van der Waals surface area contributed by atoms with Crippen LogP contribution in [-0.2, 0) is 73.4 Å². The first kappa shape index (κ1) is 59.9. The second-order valence-corrected chi connectivity index (χ2v) is 16.9. The fourth-order valence-corrected chi connectivity index (χ4v) is 7.08. The summed E-state index contributed by atoms with van der Waals surface area (Å²) in [4.78, 5) is 144. The number of aliphatic carboxylic acids is 2. The fourth-order valence-electron chi connectivity index (χ4n) is 7.08. The molecule has 392 valence electrons. The lowest BCUT2D eigenvalue weighted by Gasteiger charge is -2.27. The van der Waals surface area contributed by atoms with Crippen LogP contribution in [0.2, 0.25) is 0 Å². The number of amides is 7. The average Bonchev–Trinajstić information content (AvgIpc) is 3.33. The van der Waals surface area contributed by atoms with E-state index in [1.165, 1.54) is 13.0 Å². The highest BCUT2D eigenvalue weighted by Crippen LogP contribution is 2.18. The van der Waals surface area contributed by atoms with Crippen molar-refractivity contribution in [2.75, 3.05) is 27.9 Å². The molecule has 0 bridgehead atoms.